The van der Waals surface area contributed by atoms with Crippen molar-refractivity contribution in [3.8, 4) is 0 Å². The number of morpholine rings is 1. The van der Waals surface area contributed by atoms with Crippen LogP contribution in [0.15, 0.2) is 6.33 Å². The van der Waals surface area contributed by atoms with Crippen LogP contribution in [0.1, 0.15) is 29.1 Å². The van der Waals surface area contributed by atoms with Gasteiger partial charge in [-0.05, 0) is 12.5 Å². The van der Waals surface area contributed by atoms with E-state index in [2.05, 4.69) is 25.5 Å². The van der Waals surface area contributed by atoms with Crippen molar-refractivity contribution in [1.82, 2.24) is 20.2 Å². The maximum Gasteiger partial charge on any atom is 0.261 e. The highest BCUT2D eigenvalue weighted by Crippen LogP contribution is 2.33. The van der Waals surface area contributed by atoms with Gasteiger partial charge in [0.2, 0.25) is 0 Å². The molecular weight excluding hydrogens is 378 g/mol. The number of aromatic nitrogens is 2. The van der Waals surface area contributed by atoms with Gasteiger partial charge in [-0.25, -0.2) is 9.97 Å². The van der Waals surface area contributed by atoms with Gasteiger partial charge in [0.05, 0.1) is 23.5 Å². The minimum atomic E-state index is -0.355. The minimum Gasteiger partial charge on any atom is -0.396 e. The number of amides is 1. The number of hydrogen-bond donors (Lipinski definition) is 3. The Balaban J connectivity index is 1.70. The summed E-state index contributed by atoms with van der Waals surface area (Å²) < 4.78 is 5.38. The normalized spacial score (nSPS) is 15.7. The first kappa shape index (κ1) is 20.9. The molecule has 0 aliphatic carbocycles. The zero-order chi connectivity index (χ0) is 20.1. The third kappa shape index (κ3) is 4.96. The number of carbonyl (C=O) groups is 1. The lowest BCUT2D eigenvalue weighted by atomic mass is 9.95. The summed E-state index contributed by atoms with van der Waals surface area (Å²) in [5, 5.41) is 16.6. The second kappa shape index (κ2) is 9.13. The van der Waals surface area contributed by atoms with Gasteiger partial charge < -0.3 is 20.5 Å². The highest BCUT2D eigenvalue weighted by molar-refractivity contribution is 7.20. The smallest absolute Gasteiger partial charge is 0.261 e. The fourth-order valence-corrected chi connectivity index (χ4v) is 4.10. The summed E-state index contributed by atoms with van der Waals surface area (Å²) in [6.45, 7) is 11.3. The van der Waals surface area contributed by atoms with Crippen molar-refractivity contribution in [1.29, 1.82) is 0 Å². The molecule has 9 heteroatoms. The van der Waals surface area contributed by atoms with Gasteiger partial charge in [-0.2, -0.15) is 0 Å². The Kier molecular flexibility index (Phi) is 6.82. The van der Waals surface area contributed by atoms with Gasteiger partial charge in [-0.3, -0.25) is 9.69 Å². The van der Waals surface area contributed by atoms with Crippen molar-refractivity contribution >= 4 is 33.3 Å². The number of nitrogens with one attached hydrogen (secondary N) is 2. The molecule has 0 saturated carbocycles. The Labute approximate surface area is 169 Å². The zero-order valence-corrected chi connectivity index (χ0v) is 17.6. The molecule has 3 rings (SSSR count). The van der Waals surface area contributed by atoms with Crippen molar-refractivity contribution in [2.75, 3.05) is 57.9 Å². The van der Waals surface area contributed by atoms with Crippen LogP contribution in [-0.4, -0.2) is 78.4 Å². The first-order chi connectivity index (χ1) is 13.4. The summed E-state index contributed by atoms with van der Waals surface area (Å²) in [6.07, 6.45) is 1.53. The van der Waals surface area contributed by atoms with Crippen LogP contribution in [0.3, 0.4) is 0 Å². The van der Waals surface area contributed by atoms with Crippen LogP contribution in [0.2, 0.25) is 0 Å². The third-order valence-electron chi connectivity index (χ3n) is 4.91. The Morgan fingerprint density at radius 3 is 2.82 bits per heavy atom. The van der Waals surface area contributed by atoms with Crippen molar-refractivity contribution in [2.45, 2.75) is 20.8 Å². The van der Waals surface area contributed by atoms with E-state index in [0.717, 1.165) is 61.0 Å². The van der Waals surface area contributed by atoms with E-state index in [4.69, 9.17) is 4.74 Å². The minimum absolute atomic E-state index is 0.0152. The summed E-state index contributed by atoms with van der Waals surface area (Å²) in [5.74, 6) is 0.628. The summed E-state index contributed by atoms with van der Waals surface area (Å²) in [6, 6.07) is 0. The Morgan fingerprint density at radius 1 is 1.36 bits per heavy atom. The molecule has 3 N–H and O–H groups in total. The summed E-state index contributed by atoms with van der Waals surface area (Å²) >= 11 is 1.37. The fourth-order valence-electron chi connectivity index (χ4n) is 3.04. The van der Waals surface area contributed by atoms with Crippen molar-refractivity contribution in [2.24, 2.45) is 5.41 Å². The van der Waals surface area contributed by atoms with Gasteiger partial charge in [0.1, 0.15) is 17.0 Å². The average Bonchev–Trinajstić information content (AvgIpc) is 3.05. The number of rotatable bonds is 8. The number of aryl methyl sites for hydroxylation is 1. The number of nitrogens with zero attached hydrogens (tertiary/aromatic N) is 3. The van der Waals surface area contributed by atoms with Crippen LogP contribution in [0.4, 0.5) is 5.82 Å². The van der Waals surface area contributed by atoms with Gasteiger partial charge in [0.15, 0.2) is 0 Å². The van der Waals surface area contributed by atoms with Gasteiger partial charge >= 0.3 is 0 Å². The number of carbonyl (C=O) groups excluding carboxylic acids is 1. The van der Waals surface area contributed by atoms with Crippen molar-refractivity contribution in [3.63, 3.8) is 0 Å². The quantitative estimate of drug-likeness (QED) is 0.610. The molecule has 0 bridgehead atoms. The molecule has 0 atom stereocenters. The first-order valence-corrected chi connectivity index (χ1v) is 10.4. The topological polar surface area (TPSA) is 99.6 Å². The monoisotopic (exact) mass is 407 g/mol. The third-order valence-corrected chi connectivity index (χ3v) is 6.11. The first-order valence-electron chi connectivity index (χ1n) is 9.58. The van der Waals surface area contributed by atoms with Crippen LogP contribution >= 0.6 is 11.3 Å². The summed E-state index contributed by atoms with van der Waals surface area (Å²) in [4.78, 5) is 25.2. The molecule has 1 saturated heterocycles. The van der Waals surface area contributed by atoms with Crippen LogP contribution in [0.25, 0.3) is 10.2 Å². The number of aliphatic hydroxyl groups is 1. The molecule has 3 heterocycles. The second-order valence-electron chi connectivity index (χ2n) is 7.84. The molecule has 154 valence electrons. The van der Waals surface area contributed by atoms with Crippen LogP contribution in [-0.2, 0) is 4.74 Å². The van der Waals surface area contributed by atoms with E-state index in [1.165, 1.54) is 17.7 Å². The summed E-state index contributed by atoms with van der Waals surface area (Å²) in [7, 11) is 0. The number of fused-ring (bicyclic) bond motifs is 1. The predicted octanol–water partition coefficient (Wildman–Crippen LogP) is 1.49. The van der Waals surface area contributed by atoms with E-state index >= 15 is 0 Å². The highest BCUT2D eigenvalue weighted by Gasteiger charge is 2.22. The molecule has 2 aromatic rings. The van der Waals surface area contributed by atoms with Crippen LogP contribution < -0.4 is 10.6 Å². The standard InChI is InChI=1S/C19H29N5O3S/c1-13-14-16(20-4-5-24-6-8-27-9-7-24)22-12-23-18(14)28-15(13)17(26)21-10-19(2,3)11-25/h12,25H,4-11H2,1-3H3,(H,21,26)(H,20,22,23). The molecular formula is C19H29N5O3S. The lowest BCUT2D eigenvalue weighted by Gasteiger charge is -2.26. The maximum absolute atomic E-state index is 12.7. The number of hydrogen-bond acceptors (Lipinski definition) is 8. The van der Waals surface area contributed by atoms with Gasteiger partial charge in [0.25, 0.3) is 5.91 Å². The fraction of sp³-hybridized carbons (Fsp3) is 0.632. The lowest BCUT2D eigenvalue weighted by molar-refractivity contribution is 0.0398. The number of anilines is 1. The molecule has 0 unspecified atom stereocenters. The molecule has 1 fully saturated rings. The average molecular weight is 408 g/mol. The van der Waals surface area contributed by atoms with E-state index in [1.54, 1.807) is 0 Å². The zero-order valence-electron chi connectivity index (χ0n) is 16.7. The lowest BCUT2D eigenvalue weighted by Crippen LogP contribution is -2.39. The second-order valence-corrected chi connectivity index (χ2v) is 8.84. The maximum atomic E-state index is 12.7. The van der Waals surface area contributed by atoms with E-state index < -0.39 is 0 Å². The molecule has 1 aliphatic heterocycles. The predicted molar refractivity (Wildman–Crippen MR) is 111 cm³/mol. The van der Waals surface area contributed by atoms with E-state index in [-0.39, 0.29) is 17.9 Å². The number of ether oxygens (including phenoxy) is 1. The van der Waals surface area contributed by atoms with E-state index in [9.17, 15) is 9.90 Å². The SMILES string of the molecule is Cc1c(C(=O)NCC(C)(C)CO)sc2ncnc(NCCN3CCOCC3)c12. The van der Waals surface area contributed by atoms with Gasteiger partial charge in [0, 0.05) is 44.7 Å². The van der Waals surface area contributed by atoms with Crippen LogP contribution in [0.5, 0.6) is 0 Å². The van der Waals surface area contributed by atoms with Gasteiger partial charge in [-0.1, -0.05) is 13.8 Å². The molecule has 0 spiro atoms. The van der Waals surface area contributed by atoms with Gasteiger partial charge in [-0.15, -0.1) is 11.3 Å². The largest absolute Gasteiger partial charge is 0.396 e. The molecule has 8 nitrogen and oxygen atoms in total. The molecule has 0 radical (unpaired) electrons. The number of aliphatic hydroxyl groups excluding tert-OH is 1. The Morgan fingerprint density at radius 2 is 2.11 bits per heavy atom. The molecule has 1 amide bonds. The van der Waals surface area contributed by atoms with Crippen molar-refractivity contribution in [3.05, 3.63) is 16.8 Å². The molecule has 1 aliphatic rings. The van der Waals surface area contributed by atoms with Crippen molar-refractivity contribution < 1.29 is 14.6 Å². The molecule has 28 heavy (non-hydrogen) atoms. The van der Waals surface area contributed by atoms with E-state index in [1.807, 2.05) is 20.8 Å². The molecule has 0 aromatic carbocycles. The molecule has 2 aromatic heterocycles. The van der Waals surface area contributed by atoms with E-state index in [0.29, 0.717) is 11.4 Å². The number of thiophene rings is 1. The highest BCUT2D eigenvalue weighted by atomic mass is 32.1. The van der Waals surface area contributed by atoms with Crippen LogP contribution in [0, 0.1) is 12.3 Å². The Hall–Kier alpha value is -1.81. The Bertz CT molecular complexity index is 817. The summed E-state index contributed by atoms with van der Waals surface area (Å²) in [5.41, 5.74) is 0.528.